The average Bonchev–Trinajstić information content (AvgIpc) is 2.98. The maximum Gasteiger partial charge on any atom is 0.261 e. The van der Waals surface area contributed by atoms with Crippen LogP contribution in [0.25, 0.3) is 0 Å². The number of nitrogens with one attached hydrogen (secondary N) is 1. The Kier molecular flexibility index (Phi) is 5.04. The predicted molar refractivity (Wildman–Crippen MR) is 81.2 cm³/mol. The van der Waals surface area contributed by atoms with Gasteiger partial charge in [-0.15, -0.1) is 0 Å². The molecule has 0 aliphatic carbocycles. The van der Waals surface area contributed by atoms with E-state index in [1.165, 1.54) is 5.56 Å². The van der Waals surface area contributed by atoms with Crippen LogP contribution in [0.2, 0.25) is 0 Å². The van der Waals surface area contributed by atoms with Gasteiger partial charge in [-0.2, -0.15) is 0 Å². The number of benzene rings is 1. The molecule has 1 aromatic carbocycles. The highest BCUT2D eigenvalue weighted by Gasteiger charge is 2.14. The normalized spacial score (nSPS) is 12.2. The number of amides is 1. The molecule has 2 aromatic rings. The molecule has 0 saturated heterocycles. The van der Waals surface area contributed by atoms with Crippen LogP contribution in [-0.2, 0) is 11.3 Å². The molecule has 1 aromatic heterocycles. The van der Waals surface area contributed by atoms with E-state index in [0.29, 0.717) is 18.2 Å². The first kappa shape index (κ1) is 15.2. The van der Waals surface area contributed by atoms with Crippen molar-refractivity contribution < 1.29 is 13.9 Å². The second-order valence-electron chi connectivity index (χ2n) is 5.28. The van der Waals surface area contributed by atoms with E-state index in [1.54, 1.807) is 19.3 Å². The zero-order valence-electron chi connectivity index (χ0n) is 12.6. The van der Waals surface area contributed by atoms with Crippen molar-refractivity contribution in [3.8, 4) is 5.75 Å². The zero-order chi connectivity index (χ0) is 15.2. The van der Waals surface area contributed by atoms with Gasteiger partial charge in [0.15, 0.2) is 6.10 Å². The van der Waals surface area contributed by atoms with Crippen LogP contribution in [0.4, 0.5) is 0 Å². The molecule has 1 N–H and O–H groups in total. The highest BCUT2D eigenvalue weighted by atomic mass is 16.5. The monoisotopic (exact) mass is 287 g/mol. The Hall–Kier alpha value is -2.23. The number of ether oxygens (including phenoxy) is 1. The first-order chi connectivity index (χ1) is 10.1. The number of carbonyl (C=O) groups excluding carboxylic acids is 1. The number of rotatable bonds is 6. The lowest BCUT2D eigenvalue weighted by Gasteiger charge is -2.15. The molecule has 0 bridgehead atoms. The summed E-state index contributed by atoms with van der Waals surface area (Å²) in [6, 6.07) is 11.4. The SMILES string of the molecule is CC(Oc1ccc(C(C)C)cc1)C(=O)NCc1ccco1. The first-order valence-corrected chi connectivity index (χ1v) is 7.13. The second kappa shape index (κ2) is 6.97. The van der Waals surface area contributed by atoms with Crippen LogP contribution < -0.4 is 10.1 Å². The van der Waals surface area contributed by atoms with Gasteiger partial charge in [-0.1, -0.05) is 26.0 Å². The van der Waals surface area contributed by atoms with Gasteiger partial charge in [0, 0.05) is 0 Å². The van der Waals surface area contributed by atoms with Crippen molar-refractivity contribution in [1.82, 2.24) is 5.32 Å². The molecular formula is C17H21NO3. The van der Waals surface area contributed by atoms with E-state index >= 15 is 0 Å². The quantitative estimate of drug-likeness (QED) is 0.885. The van der Waals surface area contributed by atoms with Crippen molar-refractivity contribution in [2.24, 2.45) is 0 Å². The first-order valence-electron chi connectivity index (χ1n) is 7.13. The summed E-state index contributed by atoms with van der Waals surface area (Å²) in [6.07, 6.45) is 1.03. The van der Waals surface area contributed by atoms with Crippen LogP contribution in [-0.4, -0.2) is 12.0 Å². The molecule has 0 aliphatic heterocycles. The van der Waals surface area contributed by atoms with Crippen molar-refractivity contribution in [1.29, 1.82) is 0 Å². The third-order valence-corrected chi connectivity index (χ3v) is 3.25. The minimum atomic E-state index is -0.551. The predicted octanol–water partition coefficient (Wildman–Crippen LogP) is 3.49. The van der Waals surface area contributed by atoms with E-state index in [-0.39, 0.29) is 5.91 Å². The van der Waals surface area contributed by atoms with Gasteiger partial charge in [0.25, 0.3) is 5.91 Å². The molecule has 0 radical (unpaired) electrons. The topological polar surface area (TPSA) is 51.5 Å². The summed E-state index contributed by atoms with van der Waals surface area (Å²) in [5.74, 6) is 1.73. The Morgan fingerprint density at radius 3 is 2.48 bits per heavy atom. The molecule has 1 amide bonds. The van der Waals surface area contributed by atoms with Gasteiger partial charge in [-0.3, -0.25) is 4.79 Å². The van der Waals surface area contributed by atoms with Gasteiger partial charge in [-0.05, 0) is 42.7 Å². The van der Waals surface area contributed by atoms with Gasteiger partial charge >= 0.3 is 0 Å². The molecular weight excluding hydrogens is 266 g/mol. The molecule has 4 heteroatoms. The van der Waals surface area contributed by atoms with Gasteiger partial charge in [-0.25, -0.2) is 0 Å². The fourth-order valence-electron chi connectivity index (χ4n) is 1.92. The van der Waals surface area contributed by atoms with E-state index in [1.807, 2.05) is 30.3 Å². The van der Waals surface area contributed by atoms with E-state index in [2.05, 4.69) is 19.2 Å². The highest BCUT2D eigenvalue weighted by Crippen LogP contribution is 2.19. The van der Waals surface area contributed by atoms with Gasteiger partial charge in [0.1, 0.15) is 11.5 Å². The smallest absolute Gasteiger partial charge is 0.261 e. The summed E-state index contributed by atoms with van der Waals surface area (Å²) in [4.78, 5) is 11.9. The van der Waals surface area contributed by atoms with Gasteiger partial charge < -0.3 is 14.5 Å². The Balaban J connectivity index is 1.85. The van der Waals surface area contributed by atoms with Crippen LogP contribution in [0, 0.1) is 0 Å². The summed E-state index contributed by atoms with van der Waals surface area (Å²) < 4.78 is 10.8. The Morgan fingerprint density at radius 1 is 1.19 bits per heavy atom. The third-order valence-electron chi connectivity index (χ3n) is 3.25. The van der Waals surface area contributed by atoms with Crippen LogP contribution in [0.3, 0.4) is 0 Å². The van der Waals surface area contributed by atoms with E-state index < -0.39 is 6.10 Å². The third kappa shape index (κ3) is 4.38. The Bertz CT molecular complexity index is 558. The minimum Gasteiger partial charge on any atom is -0.481 e. The molecule has 1 atom stereocenters. The van der Waals surface area contributed by atoms with Gasteiger partial charge in [0.2, 0.25) is 0 Å². The number of furan rings is 1. The summed E-state index contributed by atoms with van der Waals surface area (Å²) in [7, 11) is 0. The van der Waals surface area contributed by atoms with Crippen molar-refractivity contribution in [2.75, 3.05) is 0 Å². The molecule has 112 valence electrons. The number of carbonyl (C=O) groups is 1. The van der Waals surface area contributed by atoms with E-state index in [0.717, 1.165) is 5.76 Å². The number of hydrogen-bond acceptors (Lipinski definition) is 3. The molecule has 0 fully saturated rings. The lowest BCUT2D eigenvalue weighted by Crippen LogP contribution is -2.35. The standard InChI is InChI=1S/C17H21NO3/c1-12(2)14-6-8-15(9-7-14)21-13(3)17(19)18-11-16-5-4-10-20-16/h4-10,12-13H,11H2,1-3H3,(H,18,19). The second-order valence-corrected chi connectivity index (χ2v) is 5.28. The van der Waals surface area contributed by atoms with Crippen LogP contribution in [0.5, 0.6) is 5.75 Å². The summed E-state index contributed by atoms with van der Waals surface area (Å²) in [5, 5.41) is 2.78. The maximum absolute atomic E-state index is 11.9. The number of hydrogen-bond donors (Lipinski definition) is 1. The maximum atomic E-state index is 11.9. The molecule has 4 nitrogen and oxygen atoms in total. The summed E-state index contributed by atoms with van der Waals surface area (Å²) in [6.45, 7) is 6.38. The lowest BCUT2D eigenvalue weighted by molar-refractivity contribution is -0.127. The molecule has 0 saturated carbocycles. The molecule has 2 rings (SSSR count). The van der Waals surface area contributed by atoms with Crippen molar-refractivity contribution in [3.05, 3.63) is 54.0 Å². The van der Waals surface area contributed by atoms with Crippen LogP contribution >= 0.6 is 0 Å². The largest absolute Gasteiger partial charge is 0.481 e. The molecule has 21 heavy (non-hydrogen) atoms. The fourth-order valence-corrected chi connectivity index (χ4v) is 1.92. The Morgan fingerprint density at radius 2 is 1.90 bits per heavy atom. The lowest BCUT2D eigenvalue weighted by atomic mass is 10.0. The highest BCUT2D eigenvalue weighted by molar-refractivity contribution is 5.80. The van der Waals surface area contributed by atoms with Crippen LogP contribution in [0.1, 0.15) is 38.0 Å². The average molecular weight is 287 g/mol. The molecule has 1 unspecified atom stereocenters. The van der Waals surface area contributed by atoms with Crippen LogP contribution in [0.15, 0.2) is 47.1 Å². The summed E-state index contributed by atoms with van der Waals surface area (Å²) in [5.41, 5.74) is 1.25. The van der Waals surface area contributed by atoms with E-state index in [9.17, 15) is 4.79 Å². The van der Waals surface area contributed by atoms with Gasteiger partial charge in [0.05, 0.1) is 12.8 Å². The zero-order valence-corrected chi connectivity index (χ0v) is 12.6. The van der Waals surface area contributed by atoms with Crippen molar-refractivity contribution >= 4 is 5.91 Å². The van der Waals surface area contributed by atoms with Crippen molar-refractivity contribution in [2.45, 2.75) is 39.3 Å². The molecule has 1 heterocycles. The Labute approximate surface area is 125 Å². The van der Waals surface area contributed by atoms with Crippen molar-refractivity contribution in [3.63, 3.8) is 0 Å². The molecule has 0 aliphatic rings. The van der Waals surface area contributed by atoms with E-state index in [4.69, 9.17) is 9.15 Å². The minimum absolute atomic E-state index is 0.167. The summed E-state index contributed by atoms with van der Waals surface area (Å²) >= 11 is 0. The fraction of sp³-hybridized carbons (Fsp3) is 0.353. The molecule has 0 spiro atoms.